The van der Waals surface area contributed by atoms with E-state index in [1.165, 1.54) is 0 Å². The van der Waals surface area contributed by atoms with Crippen LogP contribution < -0.4 is 10.1 Å². The summed E-state index contributed by atoms with van der Waals surface area (Å²) in [5, 5.41) is 2.69. The molecule has 0 radical (unpaired) electrons. The van der Waals surface area contributed by atoms with Crippen molar-refractivity contribution >= 4 is 11.9 Å². The zero-order valence-electron chi connectivity index (χ0n) is 13.8. The fourth-order valence-corrected chi connectivity index (χ4v) is 1.74. The van der Waals surface area contributed by atoms with Gasteiger partial charge in [0.15, 0.2) is 0 Å². The van der Waals surface area contributed by atoms with Gasteiger partial charge >= 0.3 is 0 Å². The number of amides is 1. The van der Waals surface area contributed by atoms with Crippen LogP contribution in [0.4, 0.5) is 0 Å². The van der Waals surface area contributed by atoms with E-state index in [1.54, 1.807) is 31.4 Å². The average molecular weight is 307 g/mol. The zero-order chi connectivity index (χ0) is 16.4. The number of aliphatic imine (C=N–C) groups is 1. The number of nitrogens with one attached hydrogen (secondary N) is 1. The van der Waals surface area contributed by atoms with Gasteiger partial charge in [0.25, 0.3) is 11.9 Å². The number of amidine groups is 1. The Kier molecular flexibility index (Phi) is 7.99. The van der Waals surface area contributed by atoms with Crippen molar-refractivity contribution in [3.8, 4) is 5.75 Å². The maximum atomic E-state index is 12.1. The Bertz CT molecular complexity index is 484. The minimum atomic E-state index is -0.248. The Morgan fingerprint density at radius 3 is 2.50 bits per heavy atom. The first-order valence-corrected chi connectivity index (χ1v) is 7.34. The van der Waals surface area contributed by atoms with Crippen molar-refractivity contribution in [1.82, 2.24) is 10.2 Å². The normalized spacial score (nSPS) is 11.4. The van der Waals surface area contributed by atoms with Gasteiger partial charge in [0.2, 0.25) is 0 Å². The van der Waals surface area contributed by atoms with E-state index in [1.807, 2.05) is 21.0 Å². The van der Waals surface area contributed by atoms with Crippen LogP contribution in [-0.2, 0) is 4.74 Å². The molecule has 0 saturated heterocycles. The first-order chi connectivity index (χ1) is 10.6. The molecule has 6 heteroatoms. The molecule has 0 aliphatic carbocycles. The summed E-state index contributed by atoms with van der Waals surface area (Å²) in [7, 11) is 5.61. The number of benzene rings is 1. The van der Waals surface area contributed by atoms with E-state index < -0.39 is 0 Å². The molecule has 1 amide bonds. The summed E-state index contributed by atoms with van der Waals surface area (Å²) in [4.78, 5) is 18.5. The second-order valence-electron chi connectivity index (χ2n) is 4.96. The lowest BCUT2D eigenvalue weighted by Gasteiger charge is -2.11. The van der Waals surface area contributed by atoms with Gasteiger partial charge in [0, 0.05) is 12.1 Å². The molecule has 6 nitrogen and oxygen atoms in total. The summed E-state index contributed by atoms with van der Waals surface area (Å²) >= 11 is 0. The molecule has 0 atom stereocenters. The third-order valence-corrected chi connectivity index (χ3v) is 2.87. The van der Waals surface area contributed by atoms with Crippen molar-refractivity contribution in [1.29, 1.82) is 0 Å². The Balaban J connectivity index is 2.60. The molecule has 1 aromatic rings. The average Bonchev–Trinajstić information content (AvgIpc) is 2.51. The van der Waals surface area contributed by atoms with E-state index in [4.69, 9.17) is 9.47 Å². The van der Waals surface area contributed by atoms with Gasteiger partial charge < -0.3 is 14.4 Å². The molecule has 0 unspecified atom stereocenters. The highest BCUT2D eigenvalue weighted by Gasteiger charge is 2.09. The number of rotatable bonds is 7. The number of carbonyl (C=O) groups excluding carboxylic acids is 1. The van der Waals surface area contributed by atoms with Gasteiger partial charge in [-0.25, -0.2) is 4.99 Å². The maximum Gasteiger partial charge on any atom is 0.291 e. The van der Waals surface area contributed by atoms with Crippen LogP contribution in [0.25, 0.3) is 0 Å². The van der Waals surface area contributed by atoms with Gasteiger partial charge in [0.05, 0.1) is 13.7 Å². The van der Waals surface area contributed by atoms with Crippen molar-refractivity contribution in [3.63, 3.8) is 0 Å². The maximum absolute atomic E-state index is 12.1. The van der Waals surface area contributed by atoms with Crippen molar-refractivity contribution in [3.05, 3.63) is 29.8 Å². The summed E-state index contributed by atoms with van der Waals surface area (Å²) in [5.41, 5.74) is 0.529. The number of hydrogen-bond acceptors (Lipinski definition) is 5. The lowest BCUT2D eigenvalue weighted by atomic mass is 10.2. The van der Waals surface area contributed by atoms with Gasteiger partial charge in [-0.2, -0.15) is 0 Å². The molecule has 0 aromatic heterocycles. The third-order valence-electron chi connectivity index (χ3n) is 2.87. The number of hydrogen-bond donors (Lipinski definition) is 1. The standard InChI is InChI=1S/C16H25N3O3/c1-5-22-16(17-11-6-12-19(2)3)18-15(20)13-7-9-14(21-4)10-8-13/h7-10H,5-6,11-12H2,1-4H3,(H,17,18,20). The smallest absolute Gasteiger partial charge is 0.291 e. The van der Waals surface area contributed by atoms with Crippen molar-refractivity contribution in [2.75, 3.05) is 40.9 Å². The summed E-state index contributed by atoms with van der Waals surface area (Å²) in [6.45, 7) is 3.86. The number of carbonyl (C=O) groups is 1. The van der Waals surface area contributed by atoms with Crippen LogP contribution in [0.1, 0.15) is 23.7 Å². The first kappa shape index (κ1) is 18.0. The quantitative estimate of drug-likeness (QED) is 0.474. The van der Waals surface area contributed by atoms with Crippen LogP contribution in [-0.4, -0.2) is 57.7 Å². The summed E-state index contributed by atoms with van der Waals surface area (Å²) < 4.78 is 10.4. The Hall–Kier alpha value is -2.08. The number of methoxy groups -OCH3 is 1. The predicted octanol–water partition coefficient (Wildman–Crippen LogP) is 1.77. The van der Waals surface area contributed by atoms with E-state index in [-0.39, 0.29) is 11.9 Å². The zero-order valence-corrected chi connectivity index (χ0v) is 13.8. The summed E-state index contributed by atoms with van der Waals surface area (Å²) in [6.07, 6.45) is 0.905. The van der Waals surface area contributed by atoms with Gasteiger partial charge in [0.1, 0.15) is 5.75 Å². The van der Waals surface area contributed by atoms with Crippen molar-refractivity contribution < 1.29 is 14.3 Å². The molecule has 0 aliphatic rings. The third kappa shape index (κ3) is 6.58. The first-order valence-electron chi connectivity index (χ1n) is 7.34. The lowest BCUT2D eigenvalue weighted by molar-refractivity contribution is 0.0966. The fourth-order valence-electron chi connectivity index (χ4n) is 1.74. The van der Waals surface area contributed by atoms with E-state index in [2.05, 4.69) is 15.2 Å². The molecule has 0 saturated carbocycles. The summed E-state index contributed by atoms with van der Waals surface area (Å²) in [5.74, 6) is 0.460. The van der Waals surface area contributed by atoms with E-state index in [0.29, 0.717) is 24.5 Å². The Morgan fingerprint density at radius 2 is 1.95 bits per heavy atom. The SMILES string of the molecule is CCOC(=NCCCN(C)C)NC(=O)c1ccc(OC)cc1. The topological polar surface area (TPSA) is 63.2 Å². The van der Waals surface area contributed by atoms with Crippen LogP contribution in [0, 0.1) is 0 Å². The van der Waals surface area contributed by atoms with Crippen molar-refractivity contribution in [2.45, 2.75) is 13.3 Å². The Labute approximate surface area is 132 Å². The van der Waals surface area contributed by atoms with E-state index >= 15 is 0 Å². The van der Waals surface area contributed by atoms with Crippen LogP contribution in [0.2, 0.25) is 0 Å². The minimum Gasteiger partial charge on any atom is -0.497 e. The lowest BCUT2D eigenvalue weighted by Crippen LogP contribution is -2.33. The second kappa shape index (κ2) is 9.78. The monoisotopic (exact) mass is 307 g/mol. The molecule has 122 valence electrons. The molecule has 1 N–H and O–H groups in total. The molecular formula is C16H25N3O3. The number of nitrogens with zero attached hydrogens (tertiary/aromatic N) is 2. The minimum absolute atomic E-state index is 0.248. The van der Waals surface area contributed by atoms with Crippen LogP contribution in [0.5, 0.6) is 5.75 Å². The van der Waals surface area contributed by atoms with Crippen LogP contribution in [0.15, 0.2) is 29.3 Å². The van der Waals surface area contributed by atoms with Gasteiger partial charge in [-0.3, -0.25) is 10.1 Å². The highest BCUT2D eigenvalue weighted by Crippen LogP contribution is 2.11. The van der Waals surface area contributed by atoms with Gasteiger partial charge in [-0.05, 0) is 58.3 Å². The molecule has 22 heavy (non-hydrogen) atoms. The summed E-state index contributed by atoms with van der Waals surface area (Å²) in [6, 6.07) is 7.14. The van der Waals surface area contributed by atoms with E-state index in [0.717, 1.165) is 13.0 Å². The van der Waals surface area contributed by atoms with Crippen LogP contribution in [0.3, 0.4) is 0 Å². The predicted molar refractivity (Wildman–Crippen MR) is 87.6 cm³/mol. The van der Waals surface area contributed by atoms with Gasteiger partial charge in [-0.15, -0.1) is 0 Å². The number of ether oxygens (including phenoxy) is 2. The molecular weight excluding hydrogens is 282 g/mol. The largest absolute Gasteiger partial charge is 0.497 e. The molecule has 1 aromatic carbocycles. The molecule has 0 bridgehead atoms. The molecule has 0 fully saturated rings. The highest BCUT2D eigenvalue weighted by atomic mass is 16.5. The van der Waals surface area contributed by atoms with Crippen LogP contribution >= 0.6 is 0 Å². The van der Waals surface area contributed by atoms with Crippen molar-refractivity contribution in [2.24, 2.45) is 4.99 Å². The molecule has 0 aliphatic heterocycles. The Morgan fingerprint density at radius 1 is 1.27 bits per heavy atom. The van der Waals surface area contributed by atoms with Gasteiger partial charge in [-0.1, -0.05) is 0 Å². The fraction of sp³-hybridized carbons (Fsp3) is 0.500. The highest BCUT2D eigenvalue weighted by molar-refractivity contribution is 6.04. The molecule has 1 rings (SSSR count). The second-order valence-corrected chi connectivity index (χ2v) is 4.96. The molecule has 0 heterocycles. The van der Waals surface area contributed by atoms with E-state index in [9.17, 15) is 4.79 Å². The molecule has 0 spiro atoms.